The van der Waals surface area contributed by atoms with Gasteiger partial charge < -0.3 is 15.8 Å². The monoisotopic (exact) mass is 262 g/mol. The normalized spacial score (nSPS) is 15.1. The molecule has 19 heavy (non-hydrogen) atoms. The lowest BCUT2D eigenvalue weighted by molar-refractivity contribution is -0.125. The molecule has 1 aromatic carbocycles. The van der Waals surface area contributed by atoms with Crippen molar-refractivity contribution in [2.45, 2.75) is 38.8 Å². The number of hydrogen-bond donors (Lipinski definition) is 2. The van der Waals surface area contributed by atoms with Crippen molar-refractivity contribution in [3.8, 4) is 5.75 Å². The summed E-state index contributed by atoms with van der Waals surface area (Å²) in [4.78, 5) is 11.7. The molecule has 0 saturated heterocycles. The van der Waals surface area contributed by atoms with E-state index < -0.39 is 5.54 Å². The number of ether oxygens (including phenoxy) is 1. The van der Waals surface area contributed by atoms with E-state index in [0.29, 0.717) is 12.5 Å². The fraction of sp³-hybridized carbons (Fsp3) is 0.533. The van der Waals surface area contributed by atoms with Gasteiger partial charge in [-0.05, 0) is 38.7 Å². The third-order valence-electron chi connectivity index (χ3n) is 3.17. The molecule has 1 aliphatic rings. The van der Waals surface area contributed by atoms with Gasteiger partial charge in [0.25, 0.3) is 0 Å². The van der Waals surface area contributed by atoms with Gasteiger partial charge in [-0.3, -0.25) is 4.79 Å². The van der Waals surface area contributed by atoms with Crippen molar-refractivity contribution in [2.75, 3.05) is 6.61 Å². The second-order valence-electron chi connectivity index (χ2n) is 5.77. The van der Waals surface area contributed by atoms with Crippen molar-refractivity contribution in [1.82, 2.24) is 5.32 Å². The molecule has 4 heteroatoms. The third kappa shape index (κ3) is 4.24. The molecule has 104 valence electrons. The molecule has 0 aromatic heterocycles. The molecule has 0 unspecified atom stereocenters. The van der Waals surface area contributed by atoms with Crippen LogP contribution in [0.3, 0.4) is 0 Å². The standard InChI is InChI=1S/C15H22N2O2/c1-15(2,16)14(18)17-9-12-5-3-4-6-13(12)19-10-11-7-8-11/h3-6,11H,7-10,16H2,1-2H3,(H,17,18). The largest absolute Gasteiger partial charge is 0.493 e. The average Bonchev–Trinajstić information content (AvgIpc) is 3.17. The maximum absolute atomic E-state index is 11.7. The first-order valence-electron chi connectivity index (χ1n) is 6.74. The van der Waals surface area contributed by atoms with Gasteiger partial charge in [0.1, 0.15) is 5.75 Å². The van der Waals surface area contributed by atoms with Gasteiger partial charge in [-0.15, -0.1) is 0 Å². The second-order valence-corrected chi connectivity index (χ2v) is 5.77. The Balaban J connectivity index is 1.93. The van der Waals surface area contributed by atoms with Gasteiger partial charge in [0.2, 0.25) is 5.91 Å². The van der Waals surface area contributed by atoms with E-state index in [9.17, 15) is 4.79 Å². The predicted octanol–water partition coefficient (Wildman–Crippen LogP) is 1.83. The van der Waals surface area contributed by atoms with E-state index in [1.807, 2.05) is 24.3 Å². The van der Waals surface area contributed by atoms with Gasteiger partial charge >= 0.3 is 0 Å². The minimum absolute atomic E-state index is 0.163. The van der Waals surface area contributed by atoms with Gasteiger partial charge in [0, 0.05) is 12.1 Å². The summed E-state index contributed by atoms with van der Waals surface area (Å²) in [5.74, 6) is 1.40. The smallest absolute Gasteiger partial charge is 0.239 e. The number of para-hydroxylation sites is 1. The van der Waals surface area contributed by atoms with E-state index in [1.165, 1.54) is 12.8 Å². The number of rotatable bonds is 6. The number of nitrogens with one attached hydrogen (secondary N) is 1. The molecule has 0 heterocycles. The highest BCUT2D eigenvalue weighted by atomic mass is 16.5. The van der Waals surface area contributed by atoms with Gasteiger partial charge in [-0.25, -0.2) is 0 Å². The van der Waals surface area contributed by atoms with Crippen molar-refractivity contribution in [3.05, 3.63) is 29.8 Å². The van der Waals surface area contributed by atoms with Crippen LogP contribution in [0.4, 0.5) is 0 Å². The minimum Gasteiger partial charge on any atom is -0.493 e. The molecule has 1 fully saturated rings. The predicted molar refractivity (Wildman–Crippen MR) is 74.8 cm³/mol. The Morgan fingerprint density at radius 3 is 2.74 bits per heavy atom. The van der Waals surface area contributed by atoms with Crippen LogP contribution >= 0.6 is 0 Å². The zero-order chi connectivity index (χ0) is 13.9. The van der Waals surface area contributed by atoms with Crippen molar-refractivity contribution in [3.63, 3.8) is 0 Å². The van der Waals surface area contributed by atoms with Crippen LogP contribution in [0, 0.1) is 5.92 Å². The Bertz CT molecular complexity index is 448. The van der Waals surface area contributed by atoms with E-state index in [2.05, 4.69) is 5.32 Å². The van der Waals surface area contributed by atoms with Crippen LogP contribution in [0.25, 0.3) is 0 Å². The lowest BCUT2D eigenvalue weighted by atomic mass is 10.1. The van der Waals surface area contributed by atoms with E-state index in [1.54, 1.807) is 13.8 Å². The molecule has 1 amide bonds. The molecule has 1 saturated carbocycles. The Morgan fingerprint density at radius 1 is 1.42 bits per heavy atom. The fourth-order valence-corrected chi connectivity index (χ4v) is 1.69. The third-order valence-corrected chi connectivity index (χ3v) is 3.17. The number of carbonyl (C=O) groups is 1. The summed E-state index contributed by atoms with van der Waals surface area (Å²) in [5.41, 5.74) is 5.87. The first-order chi connectivity index (χ1) is 8.97. The molecular formula is C15H22N2O2. The Hall–Kier alpha value is -1.55. The van der Waals surface area contributed by atoms with E-state index in [4.69, 9.17) is 10.5 Å². The second kappa shape index (κ2) is 5.61. The number of amides is 1. The van der Waals surface area contributed by atoms with Crippen molar-refractivity contribution in [2.24, 2.45) is 11.7 Å². The molecule has 0 atom stereocenters. The van der Waals surface area contributed by atoms with Crippen LogP contribution in [0.15, 0.2) is 24.3 Å². The highest BCUT2D eigenvalue weighted by Gasteiger charge is 2.23. The summed E-state index contributed by atoms with van der Waals surface area (Å²) >= 11 is 0. The molecule has 1 aliphatic carbocycles. The number of carbonyl (C=O) groups excluding carboxylic acids is 1. The molecule has 0 aliphatic heterocycles. The van der Waals surface area contributed by atoms with Crippen molar-refractivity contribution >= 4 is 5.91 Å². The summed E-state index contributed by atoms with van der Waals surface area (Å²) in [6, 6.07) is 7.79. The lowest BCUT2D eigenvalue weighted by Crippen LogP contribution is -2.48. The maximum atomic E-state index is 11.7. The maximum Gasteiger partial charge on any atom is 0.239 e. The van der Waals surface area contributed by atoms with E-state index >= 15 is 0 Å². The first kappa shape index (κ1) is 13.9. The lowest BCUT2D eigenvalue weighted by Gasteiger charge is -2.18. The van der Waals surface area contributed by atoms with Gasteiger partial charge in [-0.1, -0.05) is 18.2 Å². The van der Waals surface area contributed by atoms with Gasteiger partial charge in [0.15, 0.2) is 0 Å². The fourth-order valence-electron chi connectivity index (χ4n) is 1.69. The van der Waals surface area contributed by atoms with Crippen molar-refractivity contribution in [1.29, 1.82) is 0 Å². The zero-order valence-corrected chi connectivity index (χ0v) is 11.6. The van der Waals surface area contributed by atoms with Crippen LogP contribution in [-0.2, 0) is 11.3 Å². The minimum atomic E-state index is -0.857. The van der Waals surface area contributed by atoms with E-state index in [0.717, 1.165) is 17.9 Å². The molecule has 4 nitrogen and oxygen atoms in total. The molecule has 0 bridgehead atoms. The molecular weight excluding hydrogens is 240 g/mol. The Morgan fingerprint density at radius 2 is 2.11 bits per heavy atom. The number of hydrogen-bond acceptors (Lipinski definition) is 3. The van der Waals surface area contributed by atoms with Gasteiger partial charge in [-0.2, -0.15) is 0 Å². The molecule has 3 N–H and O–H groups in total. The zero-order valence-electron chi connectivity index (χ0n) is 11.6. The summed E-state index contributed by atoms with van der Waals surface area (Å²) in [5, 5.41) is 2.84. The number of benzene rings is 1. The Kier molecular flexibility index (Phi) is 4.10. The summed E-state index contributed by atoms with van der Waals surface area (Å²) in [7, 11) is 0. The average molecular weight is 262 g/mol. The van der Waals surface area contributed by atoms with Crippen LogP contribution in [-0.4, -0.2) is 18.1 Å². The van der Waals surface area contributed by atoms with Crippen LogP contribution in [0.2, 0.25) is 0 Å². The van der Waals surface area contributed by atoms with Gasteiger partial charge in [0.05, 0.1) is 12.1 Å². The highest BCUT2D eigenvalue weighted by molar-refractivity contribution is 5.85. The molecule has 2 rings (SSSR count). The number of nitrogens with two attached hydrogens (primary N) is 1. The van der Waals surface area contributed by atoms with Crippen LogP contribution in [0.1, 0.15) is 32.3 Å². The SMILES string of the molecule is CC(C)(N)C(=O)NCc1ccccc1OCC1CC1. The summed E-state index contributed by atoms with van der Waals surface area (Å²) in [6.45, 7) is 4.60. The Labute approximate surface area is 114 Å². The van der Waals surface area contributed by atoms with Crippen LogP contribution < -0.4 is 15.8 Å². The van der Waals surface area contributed by atoms with Crippen LogP contribution in [0.5, 0.6) is 5.75 Å². The van der Waals surface area contributed by atoms with Crippen molar-refractivity contribution < 1.29 is 9.53 Å². The molecule has 0 spiro atoms. The quantitative estimate of drug-likeness (QED) is 0.822. The topological polar surface area (TPSA) is 64.4 Å². The van der Waals surface area contributed by atoms with E-state index in [-0.39, 0.29) is 5.91 Å². The summed E-state index contributed by atoms with van der Waals surface area (Å²) in [6.07, 6.45) is 2.53. The molecule has 1 aromatic rings. The highest BCUT2D eigenvalue weighted by Crippen LogP contribution is 2.30. The molecule has 0 radical (unpaired) electrons. The summed E-state index contributed by atoms with van der Waals surface area (Å²) < 4.78 is 5.80. The first-order valence-corrected chi connectivity index (χ1v) is 6.74.